The third kappa shape index (κ3) is 4.26. The maximum Gasteiger partial charge on any atom is 0.433 e. The number of nitrogens with one attached hydrogen (secondary N) is 1. The van der Waals surface area contributed by atoms with Gasteiger partial charge in [-0.2, -0.15) is 13.2 Å². The highest BCUT2D eigenvalue weighted by Gasteiger charge is 2.33. The summed E-state index contributed by atoms with van der Waals surface area (Å²) in [5, 5.41) is 2.58. The summed E-state index contributed by atoms with van der Waals surface area (Å²) in [4.78, 5) is 23.9. The van der Waals surface area contributed by atoms with Crippen molar-refractivity contribution in [1.82, 2.24) is 19.4 Å². The number of carbonyl (C=O) groups excluding carboxylic acids is 1. The molecule has 1 amide bonds. The molecule has 3 heterocycles. The summed E-state index contributed by atoms with van der Waals surface area (Å²) in [5.41, 5.74) is -1.29. The molecule has 0 aliphatic rings. The lowest BCUT2D eigenvalue weighted by molar-refractivity contribution is -0.141. The van der Waals surface area contributed by atoms with Crippen molar-refractivity contribution >= 4 is 17.4 Å². The van der Waals surface area contributed by atoms with Gasteiger partial charge in [0.15, 0.2) is 11.6 Å². The van der Waals surface area contributed by atoms with Gasteiger partial charge in [-0.3, -0.25) is 9.20 Å². The van der Waals surface area contributed by atoms with Gasteiger partial charge in [0.05, 0.1) is 0 Å². The summed E-state index contributed by atoms with van der Waals surface area (Å²) >= 11 is 0. The first kappa shape index (κ1) is 19.7. The van der Waals surface area contributed by atoms with Crippen molar-refractivity contribution in [1.29, 1.82) is 0 Å². The lowest BCUT2D eigenvalue weighted by Crippen LogP contribution is -2.20. The molecule has 3 rings (SSSR count). The minimum absolute atomic E-state index is 0.0390. The molecule has 3 aromatic rings. The van der Waals surface area contributed by atoms with Crippen molar-refractivity contribution in [3.63, 3.8) is 0 Å². The summed E-state index contributed by atoms with van der Waals surface area (Å²) in [7, 11) is 0. The van der Waals surface area contributed by atoms with Gasteiger partial charge in [0, 0.05) is 18.8 Å². The Labute approximate surface area is 157 Å². The third-order valence-electron chi connectivity index (χ3n) is 3.69. The van der Waals surface area contributed by atoms with Crippen LogP contribution in [0.4, 0.5) is 23.4 Å². The Balaban J connectivity index is 2.14. The number of alkyl halides is 3. The fourth-order valence-electron chi connectivity index (χ4n) is 2.61. The van der Waals surface area contributed by atoms with Crippen molar-refractivity contribution in [2.24, 2.45) is 5.41 Å². The van der Waals surface area contributed by atoms with Crippen LogP contribution in [0.2, 0.25) is 0 Å². The molecule has 0 atom stereocenters. The van der Waals surface area contributed by atoms with Crippen molar-refractivity contribution in [3.8, 4) is 11.5 Å². The van der Waals surface area contributed by atoms with Gasteiger partial charge in [-0.15, -0.1) is 0 Å². The summed E-state index contributed by atoms with van der Waals surface area (Å²) in [6, 6.07) is 3.22. The van der Waals surface area contributed by atoms with Crippen molar-refractivity contribution < 1.29 is 22.4 Å². The van der Waals surface area contributed by atoms with Gasteiger partial charge in [-0.1, -0.05) is 20.8 Å². The Morgan fingerprint density at radius 1 is 1.14 bits per heavy atom. The second-order valence-electron chi connectivity index (χ2n) is 7.43. The zero-order valence-corrected chi connectivity index (χ0v) is 15.3. The van der Waals surface area contributed by atoms with E-state index in [0.29, 0.717) is 0 Å². The molecule has 0 aliphatic heterocycles. The number of hydrogen-bond acceptors (Lipinski definition) is 4. The van der Waals surface area contributed by atoms with Crippen LogP contribution in [-0.4, -0.2) is 25.3 Å². The molecule has 10 heteroatoms. The second-order valence-corrected chi connectivity index (χ2v) is 7.43. The van der Waals surface area contributed by atoms with Gasteiger partial charge in [0.25, 0.3) is 0 Å². The number of aromatic nitrogens is 4. The molecule has 0 aliphatic carbocycles. The summed E-state index contributed by atoms with van der Waals surface area (Å²) in [5.74, 6) is -1.39. The number of nitrogens with zero attached hydrogens (tertiary/aromatic N) is 4. The number of fused-ring (bicyclic) bond motifs is 1. The van der Waals surface area contributed by atoms with Gasteiger partial charge >= 0.3 is 6.18 Å². The van der Waals surface area contributed by atoms with Crippen LogP contribution in [0.15, 0.2) is 30.6 Å². The van der Waals surface area contributed by atoms with E-state index in [9.17, 15) is 22.4 Å². The molecule has 6 nitrogen and oxygen atoms in total. The van der Waals surface area contributed by atoms with E-state index in [0.717, 1.165) is 24.5 Å². The SMILES string of the molecule is CC(C)(C)CC(=O)Nc1nc2ccc(F)cn2c1-c1nccc(C(F)(F)F)n1. The van der Waals surface area contributed by atoms with Crippen LogP contribution in [0.3, 0.4) is 0 Å². The number of pyridine rings is 1. The van der Waals surface area contributed by atoms with E-state index in [2.05, 4.69) is 20.3 Å². The minimum Gasteiger partial charge on any atom is -0.309 e. The van der Waals surface area contributed by atoms with Crippen LogP contribution in [0.1, 0.15) is 32.9 Å². The fourth-order valence-corrected chi connectivity index (χ4v) is 2.61. The normalized spacial score (nSPS) is 12.4. The summed E-state index contributed by atoms with van der Waals surface area (Å²) in [6.07, 6.45) is -2.54. The van der Waals surface area contributed by atoms with Gasteiger partial charge in [0.2, 0.25) is 5.91 Å². The van der Waals surface area contributed by atoms with E-state index in [1.807, 2.05) is 20.8 Å². The fraction of sp³-hybridized carbons (Fsp3) is 0.333. The van der Waals surface area contributed by atoms with E-state index in [1.54, 1.807) is 0 Å². The number of halogens is 4. The van der Waals surface area contributed by atoms with Crippen LogP contribution in [0.25, 0.3) is 17.2 Å². The number of anilines is 1. The number of imidazole rings is 1. The van der Waals surface area contributed by atoms with Crippen LogP contribution >= 0.6 is 0 Å². The van der Waals surface area contributed by atoms with Gasteiger partial charge in [-0.25, -0.2) is 19.3 Å². The average Bonchev–Trinajstić information content (AvgIpc) is 2.89. The smallest absolute Gasteiger partial charge is 0.309 e. The number of hydrogen-bond donors (Lipinski definition) is 1. The molecule has 1 N–H and O–H groups in total. The number of carbonyl (C=O) groups is 1. The molecule has 3 aromatic heterocycles. The molecule has 0 saturated carbocycles. The Kier molecular flexibility index (Phi) is 4.82. The lowest BCUT2D eigenvalue weighted by atomic mass is 9.92. The molecule has 0 spiro atoms. The topological polar surface area (TPSA) is 72.2 Å². The Bertz CT molecular complexity index is 1040. The van der Waals surface area contributed by atoms with Crippen LogP contribution in [0, 0.1) is 11.2 Å². The van der Waals surface area contributed by atoms with Crippen LogP contribution in [-0.2, 0) is 11.0 Å². The van der Waals surface area contributed by atoms with Crippen LogP contribution < -0.4 is 5.32 Å². The first-order chi connectivity index (χ1) is 12.9. The maximum absolute atomic E-state index is 13.7. The Morgan fingerprint density at radius 2 is 1.86 bits per heavy atom. The highest BCUT2D eigenvalue weighted by atomic mass is 19.4. The van der Waals surface area contributed by atoms with E-state index >= 15 is 0 Å². The Hall–Kier alpha value is -3.04. The van der Waals surface area contributed by atoms with Gasteiger partial charge < -0.3 is 5.32 Å². The zero-order chi connectivity index (χ0) is 20.7. The molecular weight excluding hydrogens is 378 g/mol. The zero-order valence-electron chi connectivity index (χ0n) is 15.3. The van der Waals surface area contributed by atoms with E-state index in [-0.39, 0.29) is 40.7 Å². The number of amides is 1. The van der Waals surface area contributed by atoms with Crippen molar-refractivity contribution in [3.05, 3.63) is 42.1 Å². The third-order valence-corrected chi connectivity index (χ3v) is 3.69. The van der Waals surface area contributed by atoms with Crippen molar-refractivity contribution in [2.45, 2.75) is 33.4 Å². The average molecular weight is 395 g/mol. The standard InChI is InChI=1S/C18H17F4N5O/c1-17(2,3)8-13(28)26-16-14(27-9-10(19)4-5-12(27)25-16)15-23-7-6-11(24-15)18(20,21)22/h4-7,9H,8H2,1-3H3,(H,26,28). The van der Waals surface area contributed by atoms with Gasteiger partial charge in [-0.05, 0) is 23.6 Å². The first-order valence-corrected chi connectivity index (χ1v) is 8.32. The predicted molar refractivity (Wildman–Crippen MR) is 93.9 cm³/mol. The Morgan fingerprint density at radius 3 is 2.50 bits per heavy atom. The molecule has 28 heavy (non-hydrogen) atoms. The molecule has 0 aromatic carbocycles. The highest BCUT2D eigenvalue weighted by Crippen LogP contribution is 2.32. The molecule has 148 valence electrons. The lowest BCUT2D eigenvalue weighted by Gasteiger charge is -2.17. The second kappa shape index (κ2) is 6.84. The largest absolute Gasteiger partial charge is 0.433 e. The monoisotopic (exact) mass is 395 g/mol. The van der Waals surface area contributed by atoms with Crippen LogP contribution in [0.5, 0.6) is 0 Å². The van der Waals surface area contributed by atoms with Gasteiger partial charge in [0.1, 0.15) is 22.9 Å². The highest BCUT2D eigenvalue weighted by molar-refractivity contribution is 5.94. The van der Waals surface area contributed by atoms with Crippen molar-refractivity contribution in [2.75, 3.05) is 5.32 Å². The van der Waals surface area contributed by atoms with E-state index in [4.69, 9.17) is 0 Å². The molecular formula is C18H17F4N5O. The molecule has 0 unspecified atom stereocenters. The molecule has 0 radical (unpaired) electrons. The molecule has 0 fully saturated rings. The molecule has 0 saturated heterocycles. The number of rotatable bonds is 3. The predicted octanol–water partition coefficient (Wildman–Crippen LogP) is 4.32. The summed E-state index contributed by atoms with van der Waals surface area (Å²) < 4.78 is 54.1. The first-order valence-electron chi connectivity index (χ1n) is 8.32. The van der Waals surface area contributed by atoms with E-state index in [1.165, 1.54) is 10.5 Å². The minimum atomic E-state index is -4.68. The quantitative estimate of drug-likeness (QED) is 0.671. The maximum atomic E-state index is 13.7. The summed E-state index contributed by atoms with van der Waals surface area (Å²) in [6.45, 7) is 5.59. The molecule has 0 bridgehead atoms. The van der Waals surface area contributed by atoms with E-state index < -0.39 is 17.7 Å².